The van der Waals surface area contributed by atoms with Gasteiger partial charge < -0.3 is 19.7 Å². The Kier molecular flexibility index (Phi) is 8.61. The zero-order chi connectivity index (χ0) is 12.3. The van der Waals surface area contributed by atoms with E-state index in [0.29, 0.717) is 12.6 Å². The highest BCUT2D eigenvalue weighted by atomic mass is 16.5. The number of ether oxygens (including phenoxy) is 2. The van der Waals surface area contributed by atoms with Crippen LogP contribution in [0.15, 0.2) is 0 Å². The molecule has 0 aliphatic carbocycles. The van der Waals surface area contributed by atoms with Crippen molar-refractivity contribution in [3.63, 3.8) is 0 Å². The van der Waals surface area contributed by atoms with E-state index in [1.165, 1.54) is 25.9 Å². The lowest BCUT2D eigenvalue weighted by atomic mass is 10.2. The van der Waals surface area contributed by atoms with Crippen molar-refractivity contribution in [3.8, 4) is 0 Å². The highest BCUT2D eigenvalue weighted by molar-refractivity contribution is 4.80. The molecule has 1 fully saturated rings. The second-order valence-corrected chi connectivity index (χ2v) is 4.70. The van der Waals surface area contributed by atoms with Crippen LogP contribution in [0.1, 0.15) is 26.2 Å². The van der Waals surface area contributed by atoms with Gasteiger partial charge in [-0.2, -0.15) is 0 Å². The van der Waals surface area contributed by atoms with Crippen molar-refractivity contribution in [2.24, 2.45) is 0 Å². The van der Waals surface area contributed by atoms with Gasteiger partial charge in [0.2, 0.25) is 0 Å². The van der Waals surface area contributed by atoms with E-state index < -0.39 is 0 Å². The number of hydrogen-bond donors (Lipinski definition) is 1. The summed E-state index contributed by atoms with van der Waals surface area (Å²) < 4.78 is 10.4. The first kappa shape index (κ1) is 14.9. The van der Waals surface area contributed by atoms with Gasteiger partial charge in [-0.05, 0) is 32.4 Å². The Labute approximate surface area is 106 Å². The van der Waals surface area contributed by atoms with Gasteiger partial charge in [0.05, 0.1) is 13.2 Å². The summed E-state index contributed by atoms with van der Waals surface area (Å²) in [6.45, 7) is 9.25. The third kappa shape index (κ3) is 6.99. The standard InChI is InChI=1S/C13H28N2O2/c1-3-6-14-13-5-8-15(12-13)7-4-9-17-11-10-16-2/h13-14H,3-12H2,1-2H3. The molecule has 1 saturated heterocycles. The maximum absolute atomic E-state index is 5.46. The lowest BCUT2D eigenvalue weighted by molar-refractivity contribution is 0.0661. The second kappa shape index (κ2) is 9.83. The van der Waals surface area contributed by atoms with Crippen molar-refractivity contribution >= 4 is 0 Å². The summed E-state index contributed by atoms with van der Waals surface area (Å²) in [5.74, 6) is 0. The van der Waals surface area contributed by atoms with Gasteiger partial charge in [0.15, 0.2) is 0 Å². The number of methoxy groups -OCH3 is 1. The third-order valence-electron chi connectivity index (χ3n) is 3.15. The molecule has 0 radical (unpaired) electrons. The van der Waals surface area contributed by atoms with E-state index in [9.17, 15) is 0 Å². The Morgan fingerprint density at radius 2 is 2.18 bits per heavy atom. The quantitative estimate of drug-likeness (QED) is 0.584. The van der Waals surface area contributed by atoms with Gasteiger partial charge in [-0.3, -0.25) is 0 Å². The summed E-state index contributed by atoms with van der Waals surface area (Å²) in [5.41, 5.74) is 0. The molecule has 0 spiro atoms. The van der Waals surface area contributed by atoms with Gasteiger partial charge in [0, 0.05) is 32.8 Å². The predicted molar refractivity (Wildman–Crippen MR) is 70.5 cm³/mol. The fourth-order valence-electron chi connectivity index (χ4n) is 2.19. The summed E-state index contributed by atoms with van der Waals surface area (Å²) in [6.07, 6.45) is 3.65. The number of nitrogens with one attached hydrogen (secondary N) is 1. The van der Waals surface area contributed by atoms with Crippen molar-refractivity contribution < 1.29 is 9.47 Å². The van der Waals surface area contributed by atoms with Crippen molar-refractivity contribution in [3.05, 3.63) is 0 Å². The minimum atomic E-state index is 0.701. The monoisotopic (exact) mass is 244 g/mol. The van der Waals surface area contributed by atoms with Crippen LogP contribution < -0.4 is 5.32 Å². The van der Waals surface area contributed by atoms with Crippen LogP contribution in [-0.2, 0) is 9.47 Å². The van der Waals surface area contributed by atoms with Crippen LogP contribution in [0.4, 0.5) is 0 Å². The molecule has 1 aliphatic heterocycles. The summed E-state index contributed by atoms with van der Waals surface area (Å²) in [6, 6.07) is 0.712. The smallest absolute Gasteiger partial charge is 0.0700 e. The second-order valence-electron chi connectivity index (χ2n) is 4.70. The molecule has 4 nitrogen and oxygen atoms in total. The van der Waals surface area contributed by atoms with Gasteiger partial charge in [-0.1, -0.05) is 6.92 Å². The molecule has 1 N–H and O–H groups in total. The predicted octanol–water partition coefficient (Wildman–Crippen LogP) is 1.11. The molecule has 0 aromatic carbocycles. The lowest BCUT2D eigenvalue weighted by Crippen LogP contribution is -2.33. The Morgan fingerprint density at radius 3 is 2.94 bits per heavy atom. The molecule has 0 amide bonds. The minimum Gasteiger partial charge on any atom is -0.382 e. The van der Waals surface area contributed by atoms with E-state index in [1.54, 1.807) is 7.11 Å². The molecule has 0 bridgehead atoms. The average Bonchev–Trinajstić information content (AvgIpc) is 2.79. The van der Waals surface area contributed by atoms with Gasteiger partial charge in [0.25, 0.3) is 0 Å². The van der Waals surface area contributed by atoms with E-state index in [-0.39, 0.29) is 0 Å². The Balaban J connectivity index is 1.91. The molecule has 0 saturated carbocycles. The average molecular weight is 244 g/mol. The van der Waals surface area contributed by atoms with Crippen LogP contribution >= 0.6 is 0 Å². The molecule has 0 aromatic rings. The fraction of sp³-hybridized carbons (Fsp3) is 1.00. The maximum Gasteiger partial charge on any atom is 0.0700 e. The zero-order valence-electron chi connectivity index (χ0n) is 11.4. The van der Waals surface area contributed by atoms with Crippen LogP contribution in [0, 0.1) is 0 Å². The summed E-state index contributed by atoms with van der Waals surface area (Å²) >= 11 is 0. The molecule has 1 aliphatic rings. The molecular formula is C13H28N2O2. The fourth-order valence-corrected chi connectivity index (χ4v) is 2.19. The number of likely N-dealkylation sites (tertiary alicyclic amines) is 1. The first-order chi connectivity index (χ1) is 8.36. The van der Waals surface area contributed by atoms with Crippen LogP contribution in [0.25, 0.3) is 0 Å². The molecule has 1 atom stereocenters. The molecule has 102 valence electrons. The van der Waals surface area contributed by atoms with E-state index in [0.717, 1.165) is 32.7 Å². The van der Waals surface area contributed by atoms with Crippen LogP contribution in [0.3, 0.4) is 0 Å². The molecular weight excluding hydrogens is 216 g/mol. The Hall–Kier alpha value is -0.160. The van der Waals surface area contributed by atoms with Crippen LogP contribution in [0.2, 0.25) is 0 Å². The van der Waals surface area contributed by atoms with Gasteiger partial charge >= 0.3 is 0 Å². The molecule has 1 unspecified atom stereocenters. The maximum atomic E-state index is 5.46. The van der Waals surface area contributed by atoms with Gasteiger partial charge in [0.1, 0.15) is 0 Å². The summed E-state index contributed by atoms with van der Waals surface area (Å²) in [7, 11) is 1.71. The van der Waals surface area contributed by atoms with Crippen LogP contribution in [-0.4, -0.2) is 64.1 Å². The molecule has 4 heteroatoms. The highest BCUT2D eigenvalue weighted by Crippen LogP contribution is 2.09. The molecule has 1 rings (SSSR count). The van der Waals surface area contributed by atoms with E-state index in [1.807, 2.05) is 0 Å². The van der Waals surface area contributed by atoms with Crippen molar-refractivity contribution in [2.45, 2.75) is 32.2 Å². The zero-order valence-corrected chi connectivity index (χ0v) is 11.4. The molecule has 0 aromatic heterocycles. The normalized spacial score (nSPS) is 21.2. The largest absolute Gasteiger partial charge is 0.382 e. The first-order valence-electron chi connectivity index (χ1n) is 6.89. The van der Waals surface area contributed by atoms with Crippen LogP contribution in [0.5, 0.6) is 0 Å². The first-order valence-corrected chi connectivity index (χ1v) is 6.89. The van der Waals surface area contributed by atoms with Gasteiger partial charge in [-0.15, -0.1) is 0 Å². The number of hydrogen-bond acceptors (Lipinski definition) is 4. The Bertz CT molecular complexity index is 179. The summed E-state index contributed by atoms with van der Waals surface area (Å²) in [5, 5.41) is 3.59. The van der Waals surface area contributed by atoms with Crippen molar-refractivity contribution in [1.29, 1.82) is 0 Å². The van der Waals surface area contributed by atoms with E-state index in [4.69, 9.17) is 9.47 Å². The van der Waals surface area contributed by atoms with Crippen molar-refractivity contribution in [1.82, 2.24) is 10.2 Å². The number of nitrogens with zero attached hydrogens (tertiary/aromatic N) is 1. The van der Waals surface area contributed by atoms with Crippen molar-refractivity contribution in [2.75, 3.05) is 53.1 Å². The SMILES string of the molecule is CCCNC1CCN(CCCOCCOC)C1. The topological polar surface area (TPSA) is 33.7 Å². The van der Waals surface area contributed by atoms with E-state index >= 15 is 0 Å². The third-order valence-corrected chi connectivity index (χ3v) is 3.15. The van der Waals surface area contributed by atoms with E-state index in [2.05, 4.69) is 17.1 Å². The highest BCUT2D eigenvalue weighted by Gasteiger charge is 2.20. The lowest BCUT2D eigenvalue weighted by Gasteiger charge is -2.16. The minimum absolute atomic E-state index is 0.701. The number of rotatable bonds is 10. The summed E-state index contributed by atoms with van der Waals surface area (Å²) in [4.78, 5) is 2.53. The van der Waals surface area contributed by atoms with Gasteiger partial charge in [-0.25, -0.2) is 0 Å². The molecule has 1 heterocycles. The Morgan fingerprint density at radius 1 is 1.29 bits per heavy atom. The molecule has 17 heavy (non-hydrogen) atoms.